The van der Waals surface area contributed by atoms with Gasteiger partial charge in [-0.05, 0) is 43.0 Å². The first-order valence-corrected chi connectivity index (χ1v) is 8.70. The molecular weight excluding hydrogens is 287 g/mol. The van der Waals surface area contributed by atoms with Crippen molar-refractivity contribution in [2.75, 3.05) is 5.75 Å². The van der Waals surface area contributed by atoms with Gasteiger partial charge in [-0.15, -0.1) is 11.8 Å². The van der Waals surface area contributed by atoms with Crippen LogP contribution >= 0.6 is 11.8 Å². The number of hydrogen-bond donors (Lipinski definition) is 2. The number of urea groups is 1. The highest BCUT2D eigenvalue weighted by Gasteiger charge is 2.24. The molecule has 114 valence electrons. The van der Waals surface area contributed by atoms with Crippen LogP contribution in [0.5, 0.6) is 0 Å². The van der Waals surface area contributed by atoms with Crippen molar-refractivity contribution in [3.63, 3.8) is 0 Å². The fourth-order valence-corrected chi connectivity index (χ4v) is 4.25. The Morgan fingerprint density at radius 1 is 1.14 bits per heavy atom. The molecule has 0 spiro atoms. The van der Waals surface area contributed by atoms with Crippen LogP contribution in [-0.2, 0) is 0 Å². The smallest absolute Gasteiger partial charge is 0.315 e. The molecule has 2 N–H and O–H groups in total. The first-order valence-electron chi connectivity index (χ1n) is 7.71. The number of carbonyl (C=O) groups excluding carboxylic acids is 1. The van der Waals surface area contributed by atoms with Crippen LogP contribution in [0.3, 0.4) is 0 Å². The number of hydrogen-bond acceptors (Lipinski definition) is 2. The van der Waals surface area contributed by atoms with Crippen LogP contribution in [-0.4, -0.2) is 17.8 Å². The van der Waals surface area contributed by atoms with Gasteiger partial charge in [-0.2, -0.15) is 0 Å². The largest absolute Gasteiger partial charge is 0.335 e. The lowest BCUT2D eigenvalue weighted by atomic mass is 9.96. The Labute approximate surface area is 129 Å². The van der Waals surface area contributed by atoms with Crippen molar-refractivity contribution in [3.05, 3.63) is 29.6 Å². The van der Waals surface area contributed by atoms with Crippen molar-refractivity contribution < 1.29 is 9.18 Å². The quantitative estimate of drug-likeness (QED) is 0.867. The fraction of sp³-hybridized carbons (Fsp3) is 0.562. The second-order valence-corrected chi connectivity index (χ2v) is 6.96. The number of nitrogens with one attached hydrogen (secondary N) is 2. The van der Waals surface area contributed by atoms with E-state index in [1.165, 1.54) is 25.3 Å². The lowest BCUT2D eigenvalue weighted by Gasteiger charge is -2.28. The molecule has 0 radical (unpaired) electrons. The zero-order chi connectivity index (χ0) is 14.7. The Hall–Kier alpha value is -1.23. The van der Waals surface area contributed by atoms with Crippen molar-refractivity contribution >= 4 is 17.8 Å². The number of amides is 2. The third-order valence-corrected chi connectivity index (χ3v) is 5.38. The van der Waals surface area contributed by atoms with Crippen LogP contribution in [0, 0.1) is 5.82 Å². The second kappa shape index (κ2) is 6.69. The third kappa shape index (κ3) is 3.70. The number of fused-ring (bicyclic) bond motifs is 1. The molecular formula is C16H21FN2OS. The molecule has 1 atom stereocenters. The van der Waals surface area contributed by atoms with Crippen LogP contribution in [0.2, 0.25) is 0 Å². The summed E-state index contributed by atoms with van der Waals surface area (Å²) in [5.41, 5.74) is 0.907. The van der Waals surface area contributed by atoms with E-state index in [0.717, 1.165) is 35.5 Å². The van der Waals surface area contributed by atoms with E-state index in [9.17, 15) is 9.18 Å². The maximum Gasteiger partial charge on any atom is 0.315 e. The van der Waals surface area contributed by atoms with Crippen LogP contribution < -0.4 is 10.6 Å². The van der Waals surface area contributed by atoms with Gasteiger partial charge in [-0.25, -0.2) is 9.18 Å². The predicted octanol–water partition coefficient (Wildman–Crippen LogP) is 3.99. The molecule has 0 aromatic heterocycles. The van der Waals surface area contributed by atoms with E-state index in [0.29, 0.717) is 6.04 Å². The maximum absolute atomic E-state index is 13.4. The SMILES string of the molecule is O=C(NC1CCCCC1)N[C@H]1CCSc2ccc(F)cc21. The highest BCUT2D eigenvalue weighted by atomic mass is 32.2. The Morgan fingerprint density at radius 2 is 1.95 bits per heavy atom. The number of rotatable bonds is 2. The van der Waals surface area contributed by atoms with E-state index in [2.05, 4.69) is 10.6 Å². The minimum atomic E-state index is -0.240. The highest BCUT2D eigenvalue weighted by molar-refractivity contribution is 7.99. The van der Waals surface area contributed by atoms with E-state index in [-0.39, 0.29) is 17.9 Å². The van der Waals surface area contributed by atoms with Gasteiger partial charge in [0.1, 0.15) is 5.82 Å². The summed E-state index contributed by atoms with van der Waals surface area (Å²) in [6.07, 6.45) is 6.64. The van der Waals surface area contributed by atoms with Gasteiger partial charge in [0, 0.05) is 16.7 Å². The molecule has 0 saturated heterocycles. The van der Waals surface area contributed by atoms with Crippen LogP contribution in [0.1, 0.15) is 50.1 Å². The molecule has 1 fully saturated rings. The molecule has 1 aliphatic carbocycles. The van der Waals surface area contributed by atoms with Gasteiger partial charge in [0.25, 0.3) is 0 Å². The Bertz CT molecular complexity index is 517. The average Bonchev–Trinajstić information content (AvgIpc) is 2.49. The predicted molar refractivity (Wildman–Crippen MR) is 83.0 cm³/mol. The molecule has 1 heterocycles. The van der Waals surface area contributed by atoms with Crippen molar-refractivity contribution in [1.82, 2.24) is 10.6 Å². The van der Waals surface area contributed by atoms with Gasteiger partial charge in [0.2, 0.25) is 0 Å². The Balaban J connectivity index is 1.63. The van der Waals surface area contributed by atoms with Crippen molar-refractivity contribution in [3.8, 4) is 0 Å². The zero-order valence-electron chi connectivity index (χ0n) is 12.0. The normalized spacial score (nSPS) is 22.4. The van der Waals surface area contributed by atoms with E-state index >= 15 is 0 Å². The van der Waals surface area contributed by atoms with Gasteiger partial charge in [-0.3, -0.25) is 0 Å². The van der Waals surface area contributed by atoms with E-state index in [4.69, 9.17) is 0 Å². The molecule has 0 unspecified atom stereocenters. The van der Waals surface area contributed by atoms with Gasteiger partial charge >= 0.3 is 6.03 Å². The summed E-state index contributed by atoms with van der Waals surface area (Å²) in [5.74, 6) is 0.711. The number of halogens is 1. The van der Waals surface area contributed by atoms with Crippen molar-refractivity contribution in [2.24, 2.45) is 0 Å². The summed E-state index contributed by atoms with van der Waals surface area (Å²) >= 11 is 1.73. The van der Waals surface area contributed by atoms with Crippen molar-refractivity contribution in [1.29, 1.82) is 0 Å². The molecule has 1 aliphatic heterocycles. The van der Waals surface area contributed by atoms with Crippen LogP contribution in [0.4, 0.5) is 9.18 Å². The summed E-state index contributed by atoms with van der Waals surface area (Å²) in [7, 11) is 0. The summed E-state index contributed by atoms with van der Waals surface area (Å²) in [6, 6.07) is 4.93. The monoisotopic (exact) mass is 308 g/mol. The molecule has 1 aromatic rings. The Kier molecular flexibility index (Phi) is 4.68. The lowest BCUT2D eigenvalue weighted by molar-refractivity contribution is 0.228. The number of carbonyl (C=O) groups is 1. The van der Waals surface area contributed by atoms with E-state index < -0.39 is 0 Å². The summed E-state index contributed by atoms with van der Waals surface area (Å²) in [6.45, 7) is 0. The molecule has 0 bridgehead atoms. The average molecular weight is 308 g/mol. The first kappa shape index (κ1) is 14.7. The topological polar surface area (TPSA) is 41.1 Å². The first-order chi connectivity index (χ1) is 10.2. The zero-order valence-corrected chi connectivity index (χ0v) is 12.8. The molecule has 21 heavy (non-hydrogen) atoms. The lowest BCUT2D eigenvalue weighted by Crippen LogP contribution is -2.44. The molecule has 1 aromatic carbocycles. The van der Waals surface area contributed by atoms with Gasteiger partial charge in [0.15, 0.2) is 0 Å². The third-order valence-electron chi connectivity index (χ3n) is 4.26. The fourth-order valence-electron chi connectivity index (χ4n) is 3.15. The minimum absolute atomic E-state index is 0.0828. The highest BCUT2D eigenvalue weighted by Crippen LogP contribution is 2.36. The summed E-state index contributed by atoms with van der Waals surface area (Å²) in [4.78, 5) is 13.2. The molecule has 2 aliphatic rings. The van der Waals surface area contributed by atoms with E-state index in [1.54, 1.807) is 17.8 Å². The van der Waals surface area contributed by atoms with Crippen molar-refractivity contribution in [2.45, 2.75) is 55.5 Å². The van der Waals surface area contributed by atoms with Crippen LogP contribution in [0.15, 0.2) is 23.1 Å². The second-order valence-electron chi connectivity index (χ2n) is 5.82. The molecule has 5 heteroatoms. The van der Waals surface area contributed by atoms with Crippen LogP contribution in [0.25, 0.3) is 0 Å². The standard InChI is InChI=1S/C16H21FN2OS/c17-11-6-7-15-13(10-11)14(8-9-21-15)19-16(20)18-12-4-2-1-3-5-12/h6-7,10,12,14H,1-5,8-9H2,(H2,18,19,20)/t14-/m0/s1. The molecule has 1 saturated carbocycles. The number of benzene rings is 1. The summed E-state index contributed by atoms with van der Waals surface area (Å²) < 4.78 is 13.4. The minimum Gasteiger partial charge on any atom is -0.335 e. The Morgan fingerprint density at radius 3 is 2.76 bits per heavy atom. The number of thioether (sulfide) groups is 1. The van der Waals surface area contributed by atoms with Gasteiger partial charge in [-0.1, -0.05) is 19.3 Å². The maximum atomic E-state index is 13.4. The van der Waals surface area contributed by atoms with Gasteiger partial charge < -0.3 is 10.6 Å². The molecule has 3 rings (SSSR count). The molecule has 2 amide bonds. The molecule has 3 nitrogen and oxygen atoms in total. The summed E-state index contributed by atoms with van der Waals surface area (Å²) in [5, 5.41) is 6.08. The van der Waals surface area contributed by atoms with Gasteiger partial charge in [0.05, 0.1) is 6.04 Å². The van der Waals surface area contributed by atoms with E-state index in [1.807, 2.05) is 6.07 Å².